The molecule has 4 rings (SSSR count). The third-order valence-electron chi connectivity index (χ3n) is 6.04. The summed E-state index contributed by atoms with van der Waals surface area (Å²) < 4.78 is 14.2. The van der Waals surface area contributed by atoms with Crippen LogP contribution in [0.25, 0.3) is 10.9 Å². The molecule has 3 aromatic rings. The van der Waals surface area contributed by atoms with Gasteiger partial charge in [0.15, 0.2) is 5.78 Å². The molecule has 7 nitrogen and oxygen atoms in total. The Morgan fingerprint density at radius 1 is 0.875 bits per heavy atom. The Morgan fingerprint density at radius 3 is 2.25 bits per heavy atom. The number of carbonyl (C=O) groups is 1. The van der Waals surface area contributed by atoms with Crippen LogP contribution in [0.4, 0.5) is 4.39 Å². The van der Waals surface area contributed by atoms with Gasteiger partial charge in [0.25, 0.3) is 5.56 Å². The highest BCUT2D eigenvalue weighted by Gasteiger charge is 2.18. The minimum absolute atomic E-state index is 0.0367. The molecular weight excluding hydrogens is 411 g/mol. The summed E-state index contributed by atoms with van der Waals surface area (Å²) >= 11 is 0. The molecule has 0 bridgehead atoms. The molecule has 1 N–H and O–H groups in total. The van der Waals surface area contributed by atoms with Crippen molar-refractivity contribution in [3.05, 3.63) is 80.7 Å². The Labute approximate surface area is 185 Å². The van der Waals surface area contributed by atoms with Crippen LogP contribution < -0.4 is 11.2 Å². The minimum Gasteiger partial charge on any atom is -0.307 e. The number of halogens is 1. The summed E-state index contributed by atoms with van der Waals surface area (Å²) in [4.78, 5) is 44.5. The quantitative estimate of drug-likeness (QED) is 0.545. The molecule has 1 aliphatic heterocycles. The first-order chi connectivity index (χ1) is 15.5. The number of fused-ring (bicyclic) bond motifs is 1. The molecule has 1 saturated heterocycles. The number of rotatable bonds is 8. The second-order valence-electron chi connectivity index (χ2n) is 8.15. The van der Waals surface area contributed by atoms with Crippen molar-refractivity contribution in [3.8, 4) is 0 Å². The average Bonchev–Trinajstić information content (AvgIpc) is 2.80. The van der Waals surface area contributed by atoms with Crippen molar-refractivity contribution >= 4 is 16.7 Å². The molecule has 0 radical (unpaired) electrons. The maximum Gasteiger partial charge on any atom is 0.328 e. The maximum atomic E-state index is 13.0. The largest absolute Gasteiger partial charge is 0.328 e. The summed E-state index contributed by atoms with van der Waals surface area (Å²) in [5.74, 6) is -0.302. The van der Waals surface area contributed by atoms with Crippen molar-refractivity contribution in [1.82, 2.24) is 19.4 Å². The van der Waals surface area contributed by atoms with Crippen LogP contribution in [0.2, 0.25) is 0 Å². The highest BCUT2D eigenvalue weighted by atomic mass is 19.1. The first-order valence-electron chi connectivity index (χ1n) is 11.0. The molecular formula is C24H27FN4O3. The molecule has 0 spiro atoms. The molecule has 8 heteroatoms. The number of ketones is 1. The van der Waals surface area contributed by atoms with Gasteiger partial charge in [-0.05, 0) is 49.4 Å². The number of hydrogen-bond donors (Lipinski definition) is 1. The van der Waals surface area contributed by atoms with Gasteiger partial charge in [-0.25, -0.2) is 9.18 Å². The molecule has 0 atom stereocenters. The van der Waals surface area contributed by atoms with Gasteiger partial charge in [0.1, 0.15) is 5.82 Å². The predicted molar refractivity (Wildman–Crippen MR) is 122 cm³/mol. The van der Waals surface area contributed by atoms with Crippen LogP contribution in [-0.2, 0) is 6.54 Å². The van der Waals surface area contributed by atoms with Crippen molar-refractivity contribution in [2.75, 3.05) is 39.3 Å². The van der Waals surface area contributed by atoms with E-state index in [0.29, 0.717) is 36.0 Å². The minimum atomic E-state index is -0.377. The van der Waals surface area contributed by atoms with E-state index in [1.165, 1.54) is 28.8 Å². The molecule has 0 unspecified atom stereocenters. The van der Waals surface area contributed by atoms with Gasteiger partial charge in [0, 0.05) is 51.3 Å². The van der Waals surface area contributed by atoms with E-state index in [2.05, 4.69) is 14.8 Å². The highest BCUT2D eigenvalue weighted by Crippen LogP contribution is 2.09. The number of benzene rings is 2. The van der Waals surface area contributed by atoms with E-state index in [-0.39, 0.29) is 22.8 Å². The van der Waals surface area contributed by atoms with Crippen LogP contribution in [0.1, 0.15) is 23.2 Å². The first kappa shape index (κ1) is 22.1. The molecule has 1 aliphatic rings. The SMILES string of the molecule is O=C(CCCN1CCN(CCn2c(=O)[nH]c3ccccc3c2=O)CC1)c1ccc(F)cc1. The van der Waals surface area contributed by atoms with Crippen LogP contribution in [0.5, 0.6) is 0 Å². The molecule has 2 heterocycles. The van der Waals surface area contributed by atoms with E-state index in [1.807, 2.05) is 0 Å². The van der Waals surface area contributed by atoms with Crippen molar-refractivity contribution in [2.24, 2.45) is 0 Å². The number of para-hydroxylation sites is 1. The van der Waals surface area contributed by atoms with Gasteiger partial charge in [0.2, 0.25) is 0 Å². The fraction of sp³-hybridized carbons (Fsp3) is 0.375. The van der Waals surface area contributed by atoms with Gasteiger partial charge in [-0.2, -0.15) is 0 Å². The monoisotopic (exact) mass is 438 g/mol. The van der Waals surface area contributed by atoms with Gasteiger partial charge >= 0.3 is 5.69 Å². The lowest BCUT2D eigenvalue weighted by Crippen LogP contribution is -2.48. The fourth-order valence-electron chi connectivity index (χ4n) is 4.12. The lowest BCUT2D eigenvalue weighted by molar-refractivity contribution is 0.0960. The number of aromatic nitrogens is 2. The van der Waals surface area contributed by atoms with E-state index >= 15 is 0 Å². The molecule has 0 saturated carbocycles. The summed E-state index contributed by atoms with van der Waals surface area (Å²) in [5.41, 5.74) is 0.479. The number of Topliss-reactive ketones (excluding diaryl/α,β-unsaturated/α-hetero) is 1. The third kappa shape index (κ3) is 5.20. The van der Waals surface area contributed by atoms with Gasteiger partial charge in [-0.1, -0.05) is 12.1 Å². The predicted octanol–water partition coefficient (Wildman–Crippen LogP) is 2.11. The Hall–Kier alpha value is -3.10. The number of carbonyl (C=O) groups excluding carboxylic acids is 1. The van der Waals surface area contributed by atoms with E-state index < -0.39 is 0 Å². The molecule has 0 amide bonds. The zero-order valence-corrected chi connectivity index (χ0v) is 17.9. The van der Waals surface area contributed by atoms with Crippen LogP contribution in [0.3, 0.4) is 0 Å². The van der Waals surface area contributed by atoms with Crippen molar-refractivity contribution in [1.29, 1.82) is 0 Å². The van der Waals surface area contributed by atoms with Crippen LogP contribution in [0, 0.1) is 5.82 Å². The maximum absolute atomic E-state index is 13.0. The molecule has 168 valence electrons. The zero-order valence-electron chi connectivity index (χ0n) is 17.9. The molecule has 1 aromatic heterocycles. The summed E-state index contributed by atoms with van der Waals surface area (Å²) in [6.45, 7) is 5.30. The van der Waals surface area contributed by atoms with E-state index in [1.54, 1.807) is 24.3 Å². The lowest BCUT2D eigenvalue weighted by atomic mass is 10.1. The fourth-order valence-corrected chi connectivity index (χ4v) is 4.12. The molecule has 32 heavy (non-hydrogen) atoms. The number of piperazine rings is 1. The summed E-state index contributed by atoms with van der Waals surface area (Å²) in [5, 5.41) is 0.520. The van der Waals surface area contributed by atoms with Gasteiger partial charge in [-0.3, -0.25) is 19.1 Å². The van der Waals surface area contributed by atoms with Crippen molar-refractivity contribution < 1.29 is 9.18 Å². The number of nitrogens with zero attached hydrogens (tertiary/aromatic N) is 3. The lowest BCUT2D eigenvalue weighted by Gasteiger charge is -2.34. The Bertz CT molecular complexity index is 1190. The third-order valence-corrected chi connectivity index (χ3v) is 6.04. The van der Waals surface area contributed by atoms with Gasteiger partial charge in [0.05, 0.1) is 10.9 Å². The second-order valence-corrected chi connectivity index (χ2v) is 8.15. The Morgan fingerprint density at radius 2 is 1.53 bits per heavy atom. The summed E-state index contributed by atoms with van der Waals surface area (Å²) in [6, 6.07) is 12.7. The number of aromatic amines is 1. The number of nitrogens with one attached hydrogen (secondary N) is 1. The smallest absolute Gasteiger partial charge is 0.307 e. The summed E-state index contributed by atoms with van der Waals surface area (Å²) in [6.07, 6.45) is 1.21. The molecule has 0 aliphatic carbocycles. The number of hydrogen-bond acceptors (Lipinski definition) is 5. The topological polar surface area (TPSA) is 78.4 Å². The van der Waals surface area contributed by atoms with Crippen LogP contribution in [-0.4, -0.2) is 64.4 Å². The van der Waals surface area contributed by atoms with Crippen molar-refractivity contribution in [2.45, 2.75) is 19.4 Å². The molecule has 2 aromatic carbocycles. The van der Waals surface area contributed by atoms with Gasteiger partial charge < -0.3 is 9.88 Å². The van der Waals surface area contributed by atoms with E-state index in [4.69, 9.17) is 0 Å². The summed E-state index contributed by atoms with van der Waals surface area (Å²) in [7, 11) is 0. The normalized spacial score (nSPS) is 15.3. The average molecular weight is 439 g/mol. The molecule has 1 fully saturated rings. The van der Waals surface area contributed by atoms with E-state index in [0.717, 1.165) is 39.1 Å². The van der Waals surface area contributed by atoms with Crippen molar-refractivity contribution in [3.63, 3.8) is 0 Å². The zero-order chi connectivity index (χ0) is 22.5. The van der Waals surface area contributed by atoms with E-state index in [9.17, 15) is 18.8 Å². The number of H-pyrrole nitrogens is 1. The Kier molecular flexibility index (Phi) is 6.92. The Balaban J connectivity index is 1.22. The highest BCUT2D eigenvalue weighted by molar-refractivity contribution is 5.95. The standard InChI is InChI=1S/C24H27FN4O3/c25-19-9-7-18(8-10-19)22(30)6-3-11-27-12-14-28(15-13-27)16-17-29-23(31)20-4-1-2-5-21(20)26-24(29)32/h1-2,4-5,7-10H,3,6,11-17H2,(H,26,32). The van der Waals surface area contributed by atoms with Crippen LogP contribution >= 0.6 is 0 Å². The second kappa shape index (κ2) is 10.0. The first-order valence-corrected chi connectivity index (χ1v) is 11.0. The van der Waals surface area contributed by atoms with Crippen LogP contribution in [0.15, 0.2) is 58.1 Å². The van der Waals surface area contributed by atoms with Gasteiger partial charge in [-0.15, -0.1) is 0 Å².